The number of carbonyl (C=O) groups excluding carboxylic acids is 1. The van der Waals surface area contributed by atoms with Crippen molar-refractivity contribution in [3.8, 4) is 11.3 Å². The quantitative estimate of drug-likeness (QED) is 0.594. The van der Waals surface area contributed by atoms with Gasteiger partial charge in [-0.1, -0.05) is 35.1 Å². The molecule has 0 unspecified atom stereocenters. The highest BCUT2D eigenvalue weighted by Gasteiger charge is 2.13. The SMILES string of the molecule is C=CCn1nnc(C=O)c1-c1cccc(C)c1. The minimum Gasteiger partial charge on any atom is -0.296 e. The molecule has 2 rings (SSSR count). The first-order chi connectivity index (χ1) is 8.26. The second kappa shape index (κ2) is 4.74. The van der Waals surface area contributed by atoms with Gasteiger partial charge in [0, 0.05) is 5.56 Å². The highest BCUT2D eigenvalue weighted by Crippen LogP contribution is 2.22. The van der Waals surface area contributed by atoms with E-state index >= 15 is 0 Å². The van der Waals surface area contributed by atoms with E-state index in [9.17, 15) is 4.79 Å². The highest BCUT2D eigenvalue weighted by molar-refractivity contribution is 5.83. The monoisotopic (exact) mass is 227 g/mol. The molecule has 17 heavy (non-hydrogen) atoms. The molecule has 0 bridgehead atoms. The normalized spacial score (nSPS) is 10.2. The molecule has 0 amide bonds. The van der Waals surface area contributed by atoms with Gasteiger partial charge in [0.15, 0.2) is 12.0 Å². The van der Waals surface area contributed by atoms with Crippen LogP contribution in [0.5, 0.6) is 0 Å². The standard InChI is InChI=1S/C13H13N3O/c1-3-7-16-13(12(9-17)14-15-16)11-6-4-5-10(2)8-11/h3-6,8-9H,1,7H2,2H3. The van der Waals surface area contributed by atoms with Crippen molar-refractivity contribution in [3.63, 3.8) is 0 Å². The zero-order valence-corrected chi connectivity index (χ0v) is 9.63. The van der Waals surface area contributed by atoms with Crippen LogP contribution in [0.2, 0.25) is 0 Å². The molecule has 4 nitrogen and oxygen atoms in total. The molecule has 0 saturated carbocycles. The molecule has 0 aliphatic rings. The molecular formula is C13H13N3O. The Kier molecular flexibility index (Phi) is 3.14. The van der Waals surface area contributed by atoms with Gasteiger partial charge < -0.3 is 0 Å². The van der Waals surface area contributed by atoms with Crippen molar-refractivity contribution < 1.29 is 4.79 Å². The van der Waals surface area contributed by atoms with Crippen molar-refractivity contribution in [1.82, 2.24) is 15.0 Å². The number of benzene rings is 1. The summed E-state index contributed by atoms with van der Waals surface area (Å²) >= 11 is 0. The Labute approximate surface area is 99.6 Å². The van der Waals surface area contributed by atoms with Gasteiger partial charge >= 0.3 is 0 Å². The van der Waals surface area contributed by atoms with Crippen molar-refractivity contribution in [1.29, 1.82) is 0 Å². The number of hydrogen-bond acceptors (Lipinski definition) is 3. The van der Waals surface area contributed by atoms with Gasteiger partial charge in [-0.25, -0.2) is 4.68 Å². The molecule has 0 N–H and O–H groups in total. The van der Waals surface area contributed by atoms with Crippen LogP contribution in [-0.2, 0) is 6.54 Å². The zero-order valence-electron chi connectivity index (χ0n) is 9.63. The molecule has 0 fully saturated rings. The van der Waals surface area contributed by atoms with Crippen LogP contribution in [0.1, 0.15) is 16.1 Å². The first-order valence-corrected chi connectivity index (χ1v) is 5.33. The summed E-state index contributed by atoms with van der Waals surface area (Å²) in [4.78, 5) is 11.0. The minimum absolute atomic E-state index is 0.359. The lowest BCUT2D eigenvalue weighted by atomic mass is 10.1. The Bertz CT molecular complexity index is 558. The minimum atomic E-state index is 0.359. The Balaban J connectivity index is 2.59. The third-order valence-corrected chi connectivity index (χ3v) is 2.47. The summed E-state index contributed by atoms with van der Waals surface area (Å²) in [5.74, 6) is 0. The molecule has 0 aliphatic carbocycles. The molecular weight excluding hydrogens is 214 g/mol. The lowest BCUT2D eigenvalue weighted by Gasteiger charge is -2.05. The highest BCUT2D eigenvalue weighted by atomic mass is 16.1. The molecule has 86 valence electrons. The van der Waals surface area contributed by atoms with Crippen molar-refractivity contribution in [2.45, 2.75) is 13.5 Å². The number of carbonyl (C=O) groups is 1. The maximum atomic E-state index is 11.0. The number of allylic oxidation sites excluding steroid dienone is 1. The van der Waals surface area contributed by atoms with Gasteiger partial charge in [0.2, 0.25) is 0 Å². The van der Waals surface area contributed by atoms with Crippen LogP contribution < -0.4 is 0 Å². The predicted molar refractivity (Wildman–Crippen MR) is 65.8 cm³/mol. The van der Waals surface area contributed by atoms with E-state index in [0.29, 0.717) is 12.2 Å². The van der Waals surface area contributed by atoms with Gasteiger partial charge in [-0.05, 0) is 13.0 Å². The van der Waals surface area contributed by atoms with Crippen LogP contribution in [0.4, 0.5) is 0 Å². The van der Waals surface area contributed by atoms with Crippen LogP contribution in [-0.4, -0.2) is 21.3 Å². The number of hydrogen-bond donors (Lipinski definition) is 0. The second-order valence-electron chi connectivity index (χ2n) is 3.78. The fourth-order valence-electron chi connectivity index (χ4n) is 1.75. The number of aldehydes is 1. The third-order valence-electron chi connectivity index (χ3n) is 2.47. The van der Waals surface area contributed by atoms with Crippen LogP contribution in [0.15, 0.2) is 36.9 Å². The van der Waals surface area contributed by atoms with Gasteiger partial charge in [-0.15, -0.1) is 11.7 Å². The predicted octanol–water partition coefficient (Wildman–Crippen LogP) is 2.25. The van der Waals surface area contributed by atoms with Crippen molar-refractivity contribution >= 4 is 6.29 Å². The summed E-state index contributed by atoms with van der Waals surface area (Å²) in [6, 6.07) is 7.90. The summed E-state index contributed by atoms with van der Waals surface area (Å²) < 4.78 is 1.67. The molecule has 0 spiro atoms. The van der Waals surface area contributed by atoms with Crippen LogP contribution in [0.3, 0.4) is 0 Å². The van der Waals surface area contributed by atoms with Crippen molar-refractivity contribution in [3.05, 3.63) is 48.2 Å². The molecule has 0 radical (unpaired) electrons. The molecule has 1 aromatic carbocycles. The largest absolute Gasteiger partial charge is 0.296 e. The Hall–Kier alpha value is -2.23. The number of aryl methyl sites for hydroxylation is 1. The lowest BCUT2D eigenvalue weighted by Crippen LogP contribution is -2.01. The van der Waals surface area contributed by atoms with Gasteiger partial charge in [-0.2, -0.15) is 0 Å². The van der Waals surface area contributed by atoms with Crippen LogP contribution >= 0.6 is 0 Å². The molecule has 0 aliphatic heterocycles. The lowest BCUT2D eigenvalue weighted by molar-refractivity contribution is 0.111. The fraction of sp³-hybridized carbons (Fsp3) is 0.154. The van der Waals surface area contributed by atoms with E-state index in [1.807, 2.05) is 31.2 Å². The van der Waals surface area contributed by atoms with E-state index < -0.39 is 0 Å². The van der Waals surface area contributed by atoms with Crippen molar-refractivity contribution in [2.24, 2.45) is 0 Å². The summed E-state index contributed by atoms with van der Waals surface area (Å²) in [7, 11) is 0. The topological polar surface area (TPSA) is 47.8 Å². The molecule has 0 atom stereocenters. The Morgan fingerprint density at radius 3 is 2.94 bits per heavy atom. The van der Waals surface area contributed by atoms with E-state index in [1.54, 1.807) is 10.8 Å². The number of rotatable bonds is 4. The van der Waals surface area contributed by atoms with Crippen LogP contribution in [0.25, 0.3) is 11.3 Å². The van der Waals surface area contributed by atoms with E-state index in [2.05, 4.69) is 16.9 Å². The van der Waals surface area contributed by atoms with Gasteiger partial charge in [0.1, 0.15) is 0 Å². The molecule has 1 aromatic heterocycles. The summed E-state index contributed by atoms with van der Waals surface area (Å²) in [6.45, 7) is 6.20. The first kappa shape index (κ1) is 11.3. The summed E-state index contributed by atoms with van der Waals surface area (Å²) in [5, 5.41) is 7.80. The van der Waals surface area contributed by atoms with Gasteiger partial charge in [0.05, 0.1) is 12.2 Å². The second-order valence-corrected chi connectivity index (χ2v) is 3.78. The summed E-state index contributed by atoms with van der Waals surface area (Å²) in [5.41, 5.74) is 3.17. The summed E-state index contributed by atoms with van der Waals surface area (Å²) in [6.07, 6.45) is 2.45. The van der Waals surface area contributed by atoms with Gasteiger partial charge in [0.25, 0.3) is 0 Å². The van der Waals surface area contributed by atoms with Crippen LogP contribution in [0, 0.1) is 6.92 Å². The average Bonchev–Trinajstić information content (AvgIpc) is 2.72. The molecule has 1 heterocycles. The maximum Gasteiger partial charge on any atom is 0.172 e. The number of aromatic nitrogens is 3. The van der Waals surface area contributed by atoms with E-state index in [1.165, 1.54) is 0 Å². The van der Waals surface area contributed by atoms with Crippen molar-refractivity contribution in [2.75, 3.05) is 0 Å². The molecule has 0 saturated heterocycles. The Morgan fingerprint density at radius 2 is 2.29 bits per heavy atom. The maximum absolute atomic E-state index is 11.0. The smallest absolute Gasteiger partial charge is 0.172 e. The zero-order chi connectivity index (χ0) is 12.3. The third kappa shape index (κ3) is 2.15. The molecule has 2 aromatic rings. The first-order valence-electron chi connectivity index (χ1n) is 5.33. The average molecular weight is 227 g/mol. The Morgan fingerprint density at radius 1 is 1.47 bits per heavy atom. The van der Waals surface area contributed by atoms with E-state index in [-0.39, 0.29) is 0 Å². The van der Waals surface area contributed by atoms with E-state index in [0.717, 1.165) is 23.1 Å². The molecule has 4 heteroatoms. The number of nitrogens with zero attached hydrogens (tertiary/aromatic N) is 3. The fourth-order valence-corrected chi connectivity index (χ4v) is 1.75. The van der Waals surface area contributed by atoms with Gasteiger partial charge in [-0.3, -0.25) is 4.79 Å². The van der Waals surface area contributed by atoms with E-state index in [4.69, 9.17) is 0 Å².